The summed E-state index contributed by atoms with van der Waals surface area (Å²) in [6.45, 7) is 3.59. The third kappa shape index (κ3) is 5.56. The molecular formula is C17H22FN3OS. The Morgan fingerprint density at radius 1 is 1.30 bits per heavy atom. The van der Waals surface area contributed by atoms with E-state index in [0.29, 0.717) is 19.1 Å². The van der Waals surface area contributed by atoms with Gasteiger partial charge in [-0.3, -0.25) is 4.99 Å². The van der Waals surface area contributed by atoms with Crippen LogP contribution in [0.5, 0.6) is 5.75 Å². The predicted molar refractivity (Wildman–Crippen MR) is 93.8 cm³/mol. The second kappa shape index (κ2) is 9.15. The molecule has 1 aromatic heterocycles. The maximum atomic E-state index is 13.8. The third-order valence-electron chi connectivity index (χ3n) is 3.22. The van der Waals surface area contributed by atoms with Crippen molar-refractivity contribution >= 4 is 17.3 Å². The number of thiophene rings is 1. The summed E-state index contributed by atoms with van der Waals surface area (Å²) < 4.78 is 19.0. The maximum Gasteiger partial charge on any atom is 0.191 e. The second-order valence-electron chi connectivity index (χ2n) is 4.88. The quantitative estimate of drug-likeness (QED) is 0.603. The van der Waals surface area contributed by atoms with Crippen LogP contribution in [-0.4, -0.2) is 26.2 Å². The lowest BCUT2D eigenvalue weighted by Crippen LogP contribution is -2.37. The van der Waals surface area contributed by atoms with Gasteiger partial charge in [-0.25, -0.2) is 4.39 Å². The van der Waals surface area contributed by atoms with Crippen molar-refractivity contribution in [2.45, 2.75) is 19.9 Å². The number of hydrogen-bond donors (Lipinski definition) is 2. The smallest absolute Gasteiger partial charge is 0.191 e. The molecule has 124 valence electrons. The van der Waals surface area contributed by atoms with Crippen LogP contribution in [-0.2, 0) is 13.0 Å². The lowest BCUT2D eigenvalue weighted by Gasteiger charge is -2.12. The Bertz CT molecular complexity index is 629. The van der Waals surface area contributed by atoms with Crippen molar-refractivity contribution in [3.63, 3.8) is 0 Å². The van der Waals surface area contributed by atoms with Gasteiger partial charge in [0.2, 0.25) is 0 Å². The number of nitrogens with one attached hydrogen (secondary N) is 2. The molecule has 0 atom stereocenters. The van der Waals surface area contributed by atoms with Crippen molar-refractivity contribution in [3.8, 4) is 5.75 Å². The van der Waals surface area contributed by atoms with E-state index in [4.69, 9.17) is 4.74 Å². The first-order valence-electron chi connectivity index (χ1n) is 7.61. The van der Waals surface area contributed by atoms with Gasteiger partial charge in [-0.1, -0.05) is 12.1 Å². The molecule has 2 aromatic rings. The van der Waals surface area contributed by atoms with Crippen LogP contribution < -0.4 is 15.4 Å². The molecule has 0 spiro atoms. The van der Waals surface area contributed by atoms with E-state index in [1.807, 2.05) is 19.1 Å². The molecular weight excluding hydrogens is 313 g/mol. The number of guanidine groups is 1. The van der Waals surface area contributed by atoms with Crippen LogP contribution in [0, 0.1) is 5.82 Å². The molecule has 0 bridgehead atoms. The SMILES string of the molecule is CCOc1ccc(CNC(=NC)NCCc2cccs2)cc1F. The number of benzene rings is 1. The molecule has 0 amide bonds. The van der Waals surface area contributed by atoms with Gasteiger partial charge in [-0.15, -0.1) is 11.3 Å². The van der Waals surface area contributed by atoms with Gasteiger partial charge in [0, 0.05) is 25.0 Å². The molecule has 4 nitrogen and oxygen atoms in total. The molecule has 6 heteroatoms. The summed E-state index contributed by atoms with van der Waals surface area (Å²) in [5, 5.41) is 8.50. The zero-order valence-electron chi connectivity index (χ0n) is 13.4. The van der Waals surface area contributed by atoms with Crippen LogP contribution in [0.25, 0.3) is 0 Å². The molecule has 0 aliphatic heterocycles. The van der Waals surface area contributed by atoms with Gasteiger partial charge in [0.25, 0.3) is 0 Å². The van der Waals surface area contributed by atoms with Gasteiger partial charge in [-0.2, -0.15) is 0 Å². The first-order chi connectivity index (χ1) is 11.2. The Labute approximate surface area is 140 Å². The summed E-state index contributed by atoms with van der Waals surface area (Å²) in [4.78, 5) is 5.51. The van der Waals surface area contributed by atoms with E-state index in [2.05, 4.69) is 27.1 Å². The number of nitrogens with zero attached hydrogens (tertiary/aromatic N) is 1. The summed E-state index contributed by atoms with van der Waals surface area (Å²) >= 11 is 1.75. The number of aliphatic imine (C=N–C) groups is 1. The highest BCUT2D eigenvalue weighted by Crippen LogP contribution is 2.18. The molecule has 0 radical (unpaired) electrons. The summed E-state index contributed by atoms with van der Waals surface area (Å²) in [6, 6.07) is 9.15. The van der Waals surface area contributed by atoms with E-state index in [0.717, 1.165) is 18.5 Å². The highest BCUT2D eigenvalue weighted by atomic mass is 32.1. The lowest BCUT2D eigenvalue weighted by atomic mass is 10.2. The molecule has 0 fully saturated rings. The summed E-state index contributed by atoms with van der Waals surface area (Å²) in [6.07, 6.45) is 0.954. The van der Waals surface area contributed by atoms with Crippen molar-refractivity contribution < 1.29 is 9.13 Å². The molecule has 2 rings (SSSR count). The van der Waals surface area contributed by atoms with Crippen LogP contribution in [0.2, 0.25) is 0 Å². The second-order valence-corrected chi connectivity index (χ2v) is 5.91. The van der Waals surface area contributed by atoms with Crippen LogP contribution in [0.3, 0.4) is 0 Å². The Morgan fingerprint density at radius 2 is 2.17 bits per heavy atom. The van der Waals surface area contributed by atoms with E-state index in [1.165, 1.54) is 10.9 Å². The van der Waals surface area contributed by atoms with Crippen molar-refractivity contribution in [3.05, 3.63) is 52.0 Å². The highest BCUT2D eigenvalue weighted by molar-refractivity contribution is 7.09. The van der Waals surface area contributed by atoms with Gasteiger partial charge >= 0.3 is 0 Å². The normalized spacial score (nSPS) is 11.3. The minimum absolute atomic E-state index is 0.287. The Hall–Kier alpha value is -2.08. The van der Waals surface area contributed by atoms with Crippen molar-refractivity contribution in [2.24, 2.45) is 4.99 Å². The molecule has 1 aromatic carbocycles. The average Bonchev–Trinajstić information content (AvgIpc) is 3.06. The maximum absolute atomic E-state index is 13.8. The standard InChI is InChI=1S/C17H22FN3OS/c1-3-22-16-7-6-13(11-15(16)18)12-21-17(19-2)20-9-8-14-5-4-10-23-14/h4-7,10-11H,3,8-9,12H2,1-2H3,(H2,19,20,21). The van der Waals surface area contributed by atoms with E-state index < -0.39 is 0 Å². The van der Waals surface area contributed by atoms with Gasteiger partial charge < -0.3 is 15.4 Å². The monoisotopic (exact) mass is 335 g/mol. The largest absolute Gasteiger partial charge is 0.491 e. The van der Waals surface area contributed by atoms with Crippen LogP contribution in [0.4, 0.5) is 4.39 Å². The van der Waals surface area contributed by atoms with Gasteiger partial charge in [0.15, 0.2) is 17.5 Å². The lowest BCUT2D eigenvalue weighted by molar-refractivity contribution is 0.321. The fourth-order valence-corrected chi connectivity index (χ4v) is 2.80. The van der Waals surface area contributed by atoms with E-state index in [1.54, 1.807) is 24.5 Å². The molecule has 23 heavy (non-hydrogen) atoms. The van der Waals surface area contributed by atoms with Crippen molar-refractivity contribution in [2.75, 3.05) is 20.2 Å². The fourth-order valence-electron chi connectivity index (χ4n) is 2.09. The van der Waals surface area contributed by atoms with Crippen molar-refractivity contribution in [1.82, 2.24) is 10.6 Å². The molecule has 2 N–H and O–H groups in total. The number of hydrogen-bond acceptors (Lipinski definition) is 3. The van der Waals surface area contributed by atoms with E-state index in [9.17, 15) is 4.39 Å². The Kier molecular flexibility index (Phi) is 6.87. The molecule has 1 heterocycles. The van der Waals surface area contributed by atoms with Crippen LogP contribution in [0.15, 0.2) is 40.7 Å². The van der Waals surface area contributed by atoms with Crippen LogP contribution >= 0.6 is 11.3 Å². The minimum Gasteiger partial charge on any atom is -0.491 e. The van der Waals surface area contributed by atoms with E-state index in [-0.39, 0.29) is 11.6 Å². The fraction of sp³-hybridized carbons (Fsp3) is 0.353. The molecule has 0 aliphatic carbocycles. The van der Waals surface area contributed by atoms with Gasteiger partial charge in [0.1, 0.15) is 0 Å². The first-order valence-corrected chi connectivity index (χ1v) is 8.49. The first kappa shape index (κ1) is 17.3. The van der Waals surface area contributed by atoms with Crippen LogP contribution in [0.1, 0.15) is 17.4 Å². The molecule has 0 saturated carbocycles. The number of rotatable bonds is 7. The molecule has 0 aliphatic rings. The Balaban J connectivity index is 1.79. The average molecular weight is 335 g/mol. The summed E-state index contributed by atoms with van der Waals surface area (Å²) in [5.41, 5.74) is 0.840. The summed E-state index contributed by atoms with van der Waals surface area (Å²) in [5.74, 6) is 0.650. The Morgan fingerprint density at radius 3 is 2.83 bits per heavy atom. The van der Waals surface area contributed by atoms with E-state index >= 15 is 0 Å². The topological polar surface area (TPSA) is 45.6 Å². The number of ether oxygens (including phenoxy) is 1. The minimum atomic E-state index is -0.341. The predicted octanol–water partition coefficient (Wildman–Crippen LogP) is 3.19. The third-order valence-corrected chi connectivity index (χ3v) is 4.16. The zero-order chi connectivity index (χ0) is 16.5. The van der Waals surface area contributed by atoms with Gasteiger partial charge in [0.05, 0.1) is 6.61 Å². The molecule has 0 saturated heterocycles. The zero-order valence-corrected chi connectivity index (χ0v) is 14.3. The summed E-state index contributed by atoms with van der Waals surface area (Å²) in [7, 11) is 1.72. The molecule has 0 unspecified atom stereocenters. The van der Waals surface area contributed by atoms with Crippen molar-refractivity contribution in [1.29, 1.82) is 0 Å². The highest BCUT2D eigenvalue weighted by Gasteiger charge is 2.05. The van der Waals surface area contributed by atoms with Gasteiger partial charge in [-0.05, 0) is 42.5 Å². The number of halogens is 1.